The topological polar surface area (TPSA) is 77.3 Å². The van der Waals surface area contributed by atoms with Gasteiger partial charge in [-0.25, -0.2) is 8.42 Å². The summed E-state index contributed by atoms with van der Waals surface area (Å²) in [6.07, 6.45) is 4.68. The zero-order chi connectivity index (χ0) is 16.3. The van der Waals surface area contributed by atoms with Gasteiger partial charge in [0.05, 0.1) is 25.0 Å². The van der Waals surface area contributed by atoms with Gasteiger partial charge in [-0.05, 0) is 31.9 Å². The van der Waals surface area contributed by atoms with Crippen molar-refractivity contribution in [2.45, 2.75) is 30.7 Å². The van der Waals surface area contributed by atoms with Crippen molar-refractivity contribution in [3.63, 3.8) is 0 Å². The van der Waals surface area contributed by atoms with E-state index in [0.29, 0.717) is 38.3 Å². The Morgan fingerprint density at radius 1 is 1.17 bits per heavy atom. The maximum atomic E-state index is 12.9. The molecule has 0 bridgehead atoms. The SMILES string of the molecule is CCOc1ccccc1S(=O)(=O)N1CCC(n2nccn2)CC1. The van der Waals surface area contributed by atoms with Gasteiger partial charge < -0.3 is 4.74 Å². The first-order chi connectivity index (χ1) is 11.1. The van der Waals surface area contributed by atoms with Crippen molar-refractivity contribution < 1.29 is 13.2 Å². The van der Waals surface area contributed by atoms with Gasteiger partial charge in [0.1, 0.15) is 10.6 Å². The van der Waals surface area contributed by atoms with Crippen molar-refractivity contribution in [1.82, 2.24) is 19.3 Å². The fraction of sp³-hybridized carbons (Fsp3) is 0.467. The quantitative estimate of drug-likeness (QED) is 0.830. The smallest absolute Gasteiger partial charge is 0.246 e. The first-order valence-electron chi connectivity index (χ1n) is 7.70. The second kappa shape index (κ2) is 6.67. The lowest BCUT2D eigenvalue weighted by atomic mass is 10.1. The van der Waals surface area contributed by atoms with Crippen LogP contribution in [-0.4, -0.2) is 47.4 Å². The van der Waals surface area contributed by atoms with E-state index >= 15 is 0 Å². The summed E-state index contributed by atoms with van der Waals surface area (Å²) in [7, 11) is -3.55. The van der Waals surface area contributed by atoms with Crippen molar-refractivity contribution in [3.8, 4) is 5.75 Å². The monoisotopic (exact) mass is 336 g/mol. The lowest BCUT2D eigenvalue weighted by Crippen LogP contribution is -2.39. The molecule has 7 nitrogen and oxygen atoms in total. The number of para-hydroxylation sites is 1. The molecule has 0 saturated carbocycles. The van der Waals surface area contributed by atoms with Crippen molar-refractivity contribution in [2.75, 3.05) is 19.7 Å². The number of hydrogen-bond acceptors (Lipinski definition) is 5. The Morgan fingerprint density at radius 2 is 1.83 bits per heavy atom. The minimum absolute atomic E-state index is 0.151. The van der Waals surface area contributed by atoms with Crippen LogP contribution in [0.3, 0.4) is 0 Å². The minimum Gasteiger partial charge on any atom is -0.492 e. The van der Waals surface area contributed by atoms with Crippen LogP contribution in [0, 0.1) is 0 Å². The maximum Gasteiger partial charge on any atom is 0.246 e. The molecule has 0 spiro atoms. The maximum absolute atomic E-state index is 12.9. The summed E-state index contributed by atoms with van der Waals surface area (Å²) in [6, 6.07) is 6.94. The van der Waals surface area contributed by atoms with Crippen LogP contribution in [0.5, 0.6) is 5.75 Å². The number of nitrogens with zero attached hydrogens (tertiary/aromatic N) is 4. The van der Waals surface area contributed by atoms with E-state index in [2.05, 4.69) is 10.2 Å². The highest BCUT2D eigenvalue weighted by molar-refractivity contribution is 7.89. The van der Waals surface area contributed by atoms with E-state index in [1.54, 1.807) is 41.5 Å². The lowest BCUT2D eigenvalue weighted by molar-refractivity contribution is 0.244. The third kappa shape index (κ3) is 3.23. The van der Waals surface area contributed by atoms with Gasteiger partial charge >= 0.3 is 0 Å². The molecule has 124 valence electrons. The highest BCUT2D eigenvalue weighted by Gasteiger charge is 2.32. The van der Waals surface area contributed by atoms with Crippen molar-refractivity contribution in [1.29, 1.82) is 0 Å². The van der Waals surface area contributed by atoms with Gasteiger partial charge in [-0.1, -0.05) is 12.1 Å². The van der Waals surface area contributed by atoms with Crippen molar-refractivity contribution in [3.05, 3.63) is 36.7 Å². The van der Waals surface area contributed by atoms with Crippen molar-refractivity contribution in [2.24, 2.45) is 0 Å². The summed E-state index contributed by atoms with van der Waals surface area (Å²) in [5, 5.41) is 8.28. The number of benzene rings is 1. The number of piperidine rings is 1. The van der Waals surface area contributed by atoms with Crippen molar-refractivity contribution >= 4 is 10.0 Å². The second-order valence-corrected chi connectivity index (χ2v) is 7.27. The molecular weight excluding hydrogens is 316 g/mol. The van der Waals surface area contributed by atoms with Gasteiger partial charge in [0.15, 0.2) is 0 Å². The van der Waals surface area contributed by atoms with Crippen LogP contribution in [0.2, 0.25) is 0 Å². The zero-order valence-corrected chi connectivity index (χ0v) is 13.8. The Bertz CT molecular complexity index is 738. The summed E-state index contributed by atoms with van der Waals surface area (Å²) in [5.41, 5.74) is 0. The molecule has 23 heavy (non-hydrogen) atoms. The average molecular weight is 336 g/mol. The van der Waals surface area contributed by atoms with Gasteiger partial charge in [-0.15, -0.1) is 0 Å². The van der Waals surface area contributed by atoms with Gasteiger partial charge in [0.2, 0.25) is 10.0 Å². The molecule has 0 unspecified atom stereocenters. The van der Waals surface area contributed by atoms with Crippen LogP contribution < -0.4 is 4.74 Å². The fourth-order valence-electron chi connectivity index (χ4n) is 2.81. The summed E-state index contributed by atoms with van der Waals surface area (Å²) in [4.78, 5) is 1.90. The van der Waals surface area contributed by atoms with Gasteiger partial charge in [-0.3, -0.25) is 0 Å². The van der Waals surface area contributed by atoms with Crippen LogP contribution in [0.15, 0.2) is 41.6 Å². The first-order valence-corrected chi connectivity index (χ1v) is 9.14. The van der Waals surface area contributed by atoms with Gasteiger partial charge in [0, 0.05) is 13.1 Å². The first kappa shape index (κ1) is 15.9. The van der Waals surface area contributed by atoms with E-state index in [1.807, 2.05) is 6.92 Å². The molecule has 8 heteroatoms. The van der Waals surface area contributed by atoms with Crippen LogP contribution >= 0.6 is 0 Å². The standard InChI is InChI=1S/C15H20N4O3S/c1-2-22-14-5-3-4-6-15(14)23(20,21)18-11-7-13(8-12-18)19-16-9-10-17-19/h3-6,9-10,13H,2,7-8,11-12H2,1H3. The Labute approximate surface area is 135 Å². The summed E-state index contributed by atoms with van der Waals surface area (Å²) in [6.45, 7) is 3.18. The third-order valence-electron chi connectivity index (χ3n) is 3.95. The Kier molecular flexibility index (Phi) is 4.63. The van der Waals surface area contributed by atoms with Crippen LogP contribution in [0.4, 0.5) is 0 Å². The molecule has 1 fully saturated rings. The number of sulfonamides is 1. The molecular formula is C15H20N4O3S. The number of ether oxygens (including phenoxy) is 1. The Balaban J connectivity index is 1.77. The minimum atomic E-state index is -3.55. The molecule has 2 aromatic rings. The number of aromatic nitrogens is 3. The number of hydrogen-bond donors (Lipinski definition) is 0. The Hall–Kier alpha value is -1.93. The summed E-state index contributed by atoms with van der Waals surface area (Å²) < 4.78 is 32.8. The fourth-order valence-corrected chi connectivity index (χ4v) is 4.41. The highest BCUT2D eigenvalue weighted by Crippen LogP contribution is 2.30. The highest BCUT2D eigenvalue weighted by atomic mass is 32.2. The average Bonchev–Trinajstić information content (AvgIpc) is 3.10. The van der Waals surface area contributed by atoms with Gasteiger partial charge in [-0.2, -0.15) is 19.3 Å². The third-order valence-corrected chi connectivity index (χ3v) is 5.89. The second-order valence-electron chi connectivity index (χ2n) is 5.36. The largest absolute Gasteiger partial charge is 0.492 e. The molecule has 0 radical (unpaired) electrons. The molecule has 1 aliphatic rings. The molecule has 1 saturated heterocycles. The predicted octanol–water partition coefficient (Wildman–Crippen LogP) is 1.70. The predicted molar refractivity (Wildman–Crippen MR) is 84.7 cm³/mol. The van der Waals surface area contributed by atoms with Gasteiger partial charge in [0.25, 0.3) is 0 Å². The van der Waals surface area contributed by atoms with Crippen LogP contribution in [-0.2, 0) is 10.0 Å². The molecule has 0 N–H and O–H groups in total. The Morgan fingerprint density at radius 3 is 2.48 bits per heavy atom. The molecule has 0 aliphatic carbocycles. The van der Waals surface area contributed by atoms with E-state index in [9.17, 15) is 8.42 Å². The van der Waals surface area contributed by atoms with E-state index in [-0.39, 0.29) is 10.9 Å². The molecule has 3 rings (SSSR count). The molecule has 1 aliphatic heterocycles. The molecule has 0 amide bonds. The van der Waals surface area contributed by atoms with E-state index < -0.39 is 10.0 Å². The normalized spacial score (nSPS) is 17.3. The molecule has 1 aromatic carbocycles. The molecule has 2 heterocycles. The van der Waals surface area contributed by atoms with Crippen LogP contribution in [0.25, 0.3) is 0 Å². The van der Waals surface area contributed by atoms with E-state index in [1.165, 1.54) is 4.31 Å². The molecule has 1 aromatic heterocycles. The molecule has 0 atom stereocenters. The zero-order valence-electron chi connectivity index (χ0n) is 13.0. The van der Waals surface area contributed by atoms with E-state index in [0.717, 1.165) is 0 Å². The van der Waals surface area contributed by atoms with Crippen LogP contribution in [0.1, 0.15) is 25.8 Å². The lowest BCUT2D eigenvalue weighted by Gasteiger charge is -2.31. The number of rotatable bonds is 5. The summed E-state index contributed by atoms with van der Waals surface area (Å²) in [5.74, 6) is 0.408. The van der Waals surface area contributed by atoms with E-state index in [4.69, 9.17) is 4.74 Å². The summed E-state index contributed by atoms with van der Waals surface area (Å²) >= 11 is 0.